The summed E-state index contributed by atoms with van der Waals surface area (Å²) in [6, 6.07) is 0. The van der Waals surface area contributed by atoms with Gasteiger partial charge in [-0.1, -0.05) is 31.9 Å². The SMILES string of the molecule is C[B]C1(C)CC1. The quantitative estimate of drug-likeness (QED) is 0.421. The second-order valence-electron chi connectivity index (χ2n) is 2.44. The van der Waals surface area contributed by atoms with Crippen LogP contribution in [0.15, 0.2) is 0 Å². The Balaban J connectivity index is 2.28. The lowest BCUT2D eigenvalue weighted by Gasteiger charge is -1.94. The van der Waals surface area contributed by atoms with Crippen molar-refractivity contribution in [2.24, 2.45) is 0 Å². The Morgan fingerprint density at radius 3 is 2.00 bits per heavy atom. The third-order valence-corrected chi connectivity index (χ3v) is 1.74. The molecule has 0 amide bonds. The predicted octanol–water partition coefficient (Wildman–Crippen LogP) is 1.71. The summed E-state index contributed by atoms with van der Waals surface area (Å²) in [5, 5.41) is 0.667. The van der Waals surface area contributed by atoms with E-state index in [0.717, 1.165) is 0 Å². The van der Waals surface area contributed by atoms with Gasteiger partial charge in [0.25, 0.3) is 0 Å². The monoisotopic (exact) mass is 81.1 g/mol. The summed E-state index contributed by atoms with van der Waals surface area (Å²) in [7, 11) is 2.30. The molecular weight excluding hydrogens is 70.9 g/mol. The van der Waals surface area contributed by atoms with Crippen molar-refractivity contribution in [3.05, 3.63) is 0 Å². The first-order valence-electron chi connectivity index (χ1n) is 2.57. The predicted molar refractivity (Wildman–Crippen MR) is 29.2 cm³/mol. The summed E-state index contributed by atoms with van der Waals surface area (Å²) >= 11 is 0. The van der Waals surface area contributed by atoms with E-state index in [9.17, 15) is 0 Å². The van der Waals surface area contributed by atoms with Gasteiger partial charge in [-0.25, -0.2) is 0 Å². The van der Waals surface area contributed by atoms with Crippen LogP contribution >= 0.6 is 0 Å². The zero-order valence-electron chi connectivity index (χ0n) is 4.49. The third-order valence-electron chi connectivity index (χ3n) is 1.74. The number of rotatable bonds is 1. The molecule has 0 N–H and O–H groups in total. The van der Waals surface area contributed by atoms with Gasteiger partial charge in [-0.15, -0.1) is 0 Å². The lowest BCUT2D eigenvalue weighted by Crippen LogP contribution is -1.89. The Morgan fingerprint density at radius 1 is 1.50 bits per heavy atom. The molecule has 0 aliphatic heterocycles. The van der Waals surface area contributed by atoms with E-state index in [0.29, 0.717) is 5.31 Å². The zero-order valence-corrected chi connectivity index (χ0v) is 4.49. The van der Waals surface area contributed by atoms with Crippen molar-refractivity contribution in [2.75, 3.05) is 0 Å². The van der Waals surface area contributed by atoms with Crippen molar-refractivity contribution >= 4 is 7.28 Å². The summed E-state index contributed by atoms with van der Waals surface area (Å²) in [6.45, 7) is 4.44. The van der Waals surface area contributed by atoms with E-state index in [2.05, 4.69) is 21.0 Å². The summed E-state index contributed by atoms with van der Waals surface area (Å²) < 4.78 is 0. The highest BCUT2D eigenvalue weighted by Crippen LogP contribution is 2.51. The molecule has 6 heavy (non-hydrogen) atoms. The minimum Gasteiger partial charge on any atom is -0.0914 e. The highest BCUT2D eigenvalue weighted by atomic mass is 14.3. The van der Waals surface area contributed by atoms with Crippen LogP contribution in [0.25, 0.3) is 0 Å². The van der Waals surface area contributed by atoms with Gasteiger partial charge in [0, 0.05) is 0 Å². The molecule has 0 aromatic carbocycles. The summed E-state index contributed by atoms with van der Waals surface area (Å²) in [4.78, 5) is 0. The fourth-order valence-corrected chi connectivity index (χ4v) is 0.486. The van der Waals surface area contributed by atoms with Gasteiger partial charge in [0.2, 0.25) is 0 Å². The highest BCUT2D eigenvalue weighted by molar-refractivity contribution is 6.39. The van der Waals surface area contributed by atoms with Crippen LogP contribution in [0.4, 0.5) is 0 Å². The molecule has 1 rings (SSSR count). The first kappa shape index (κ1) is 4.23. The molecule has 1 heteroatoms. The van der Waals surface area contributed by atoms with Crippen molar-refractivity contribution in [1.29, 1.82) is 0 Å². The first-order valence-corrected chi connectivity index (χ1v) is 2.57. The van der Waals surface area contributed by atoms with Crippen molar-refractivity contribution in [2.45, 2.75) is 31.9 Å². The fourth-order valence-electron chi connectivity index (χ4n) is 0.486. The molecule has 0 spiro atoms. The minimum atomic E-state index is 0.667. The van der Waals surface area contributed by atoms with Crippen LogP contribution in [0.5, 0.6) is 0 Å². The summed E-state index contributed by atoms with van der Waals surface area (Å²) in [6.07, 6.45) is 2.84. The van der Waals surface area contributed by atoms with Gasteiger partial charge in [-0.3, -0.25) is 0 Å². The second-order valence-corrected chi connectivity index (χ2v) is 2.44. The standard InChI is InChI=1S/C5H10B/c1-5(6-2)3-4-5/h3-4H2,1-2H3. The van der Waals surface area contributed by atoms with Gasteiger partial charge < -0.3 is 0 Å². The van der Waals surface area contributed by atoms with Gasteiger partial charge in [-0.05, 0) is 0 Å². The van der Waals surface area contributed by atoms with E-state index in [-0.39, 0.29) is 0 Å². The van der Waals surface area contributed by atoms with Crippen LogP contribution in [0.3, 0.4) is 0 Å². The van der Waals surface area contributed by atoms with Crippen LogP contribution < -0.4 is 0 Å². The molecule has 1 aliphatic rings. The van der Waals surface area contributed by atoms with E-state index < -0.39 is 0 Å². The van der Waals surface area contributed by atoms with Crippen molar-refractivity contribution in [3.8, 4) is 0 Å². The molecular formula is C5H10B. The maximum atomic E-state index is 2.30. The third kappa shape index (κ3) is 0.587. The van der Waals surface area contributed by atoms with Crippen LogP contribution in [-0.4, -0.2) is 7.28 Å². The molecule has 0 saturated heterocycles. The van der Waals surface area contributed by atoms with Crippen LogP contribution in [0.1, 0.15) is 19.8 Å². The lowest BCUT2D eigenvalue weighted by molar-refractivity contribution is 0.995. The van der Waals surface area contributed by atoms with E-state index in [4.69, 9.17) is 0 Å². The molecule has 1 saturated carbocycles. The topological polar surface area (TPSA) is 0 Å². The molecule has 0 nitrogen and oxygen atoms in total. The normalized spacial score (nSPS) is 26.3. The highest BCUT2D eigenvalue weighted by Gasteiger charge is 2.34. The summed E-state index contributed by atoms with van der Waals surface area (Å²) in [5.74, 6) is 0. The largest absolute Gasteiger partial charge is 0.114 e. The molecule has 0 heterocycles. The van der Waals surface area contributed by atoms with Gasteiger partial charge in [0.15, 0.2) is 0 Å². The second kappa shape index (κ2) is 1.02. The molecule has 0 aromatic rings. The fraction of sp³-hybridized carbons (Fsp3) is 1.00. The Bertz CT molecular complexity index is 55.0. The maximum Gasteiger partial charge on any atom is 0.114 e. The Labute approximate surface area is 40.2 Å². The van der Waals surface area contributed by atoms with Crippen LogP contribution in [0, 0.1) is 0 Å². The van der Waals surface area contributed by atoms with Gasteiger partial charge in [0.05, 0.1) is 0 Å². The molecule has 0 bridgehead atoms. The van der Waals surface area contributed by atoms with Crippen molar-refractivity contribution < 1.29 is 0 Å². The van der Waals surface area contributed by atoms with E-state index in [1.165, 1.54) is 12.8 Å². The lowest BCUT2D eigenvalue weighted by atomic mass is 9.65. The average molecular weight is 80.9 g/mol. The van der Waals surface area contributed by atoms with E-state index in [1.807, 2.05) is 0 Å². The molecule has 0 atom stereocenters. The van der Waals surface area contributed by atoms with Gasteiger partial charge in [-0.2, -0.15) is 0 Å². The molecule has 1 fully saturated rings. The van der Waals surface area contributed by atoms with Gasteiger partial charge >= 0.3 is 0 Å². The smallest absolute Gasteiger partial charge is 0.0914 e. The van der Waals surface area contributed by atoms with Crippen LogP contribution in [-0.2, 0) is 0 Å². The van der Waals surface area contributed by atoms with Crippen molar-refractivity contribution in [3.63, 3.8) is 0 Å². The minimum absolute atomic E-state index is 0.667. The molecule has 33 valence electrons. The Hall–Kier alpha value is 0.0649. The molecule has 0 aromatic heterocycles. The zero-order chi connectivity index (χ0) is 4.62. The molecule has 1 aliphatic carbocycles. The molecule has 1 radical (unpaired) electrons. The maximum absolute atomic E-state index is 2.30. The molecule has 0 unspecified atom stereocenters. The number of hydrogen-bond acceptors (Lipinski definition) is 0. The summed E-state index contributed by atoms with van der Waals surface area (Å²) in [5.41, 5.74) is 0. The van der Waals surface area contributed by atoms with Gasteiger partial charge in [0.1, 0.15) is 7.28 Å². The average Bonchev–Trinajstić information content (AvgIpc) is 2.22. The van der Waals surface area contributed by atoms with Crippen molar-refractivity contribution in [1.82, 2.24) is 0 Å². The Morgan fingerprint density at radius 2 is 2.00 bits per heavy atom. The van der Waals surface area contributed by atoms with E-state index in [1.54, 1.807) is 0 Å². The Kier molecular flexibility index (Phi) is 0.718. The number of hydrogen-bond donors (Lipinski definition) is 0. The first-order chi connectivity index (χ1) is 2.77. The van der Waals surface area contributed by atoms with Crippen LogP contribution in [0.2, 0.25) is 12.1 Å². The van der Waals surface area contributed by atoms with E-state index >= 15 is 0 Å².